The van der Waals surface area contributed by atoms with E-state index in [1.165, 1.54) is 0 Å². The molecule has 2 aromatic rings. The first-order valence-electron chi connectivity index (χ1n) is 7.96. The molecule has 0 bridgehead atoms. The number of alkyl halides is 6. The Morgan fingerprint density at radius 3 is 1.75 bits per heavy atom. The van der Waals surface area contributed by atoms with E-state index in [9.17, 15) is 26.3 Å². The van der Waals surface area contributed by atoms with E-state index < -0.39 is 31.6 Å². The van der Waals surface area contributed by atoms with Gasteiger partial charge in [-0.25, -0.2) is 8.42 Å². The number of fused-ring (bicyclic) bond motifs is 1. The van der Waals surface area contributed by atoms with Crippen molar-refractivity contribution in [3.8, 4) is 0 Å². The van der Waals surface area contributed by atoms with Gasteiger partial charge in [-0.1, -0.05) is 40.7 Å². The third-order valence-corrected chi connectivity index (χ3v) is 6.60. The molecule has 11 heteroatoms. The first kappa shape index (κ1) is 24.7. The van der Waals surface area contributed by atoms with E-state index in [1.807, 2.05) is 46.8 Å². The highest BCUT2D eigenvalue weighted by molar-refractivity contribution is 7.86. The zero-order valence-corrected chi connectivity index (χ0v) is 17.3. The average molecular weight is 450 g/mol. The summed E-state index contributed by atoms with van der Waals surface area (Å²) < 4.78 is 99.7. The third kappa shape index (κ3) is 5.84. The molecule has 0 saturated heterocycles. The highest BCUT2D eigenvalue weighted by atomic mass is 32.2. The molecule has 1 atom stereocenters. The first-order chi connectivity index (χ1) is 12.3. The van der Waals surface area contributed by atoms with Crippen molar-refractivity contribution in [3.63, 3.8) is 0 Å². The molecule has 0 aliphatic carbocycles. The van der Waals surface area contributed by atoms with Crippen LogP contribution in [0.4, 0.5) is 26.3 Å². The molecule has 0 amide bonds. The Balaban J connectivity index is 0.000000416. The average Bonchev–Trinajstić information content (AvgIpc) is 2.83. The summed E-state index contributed by atoms with van der Waals surface area (Å²) in [6, 6.07) is 7.24. The van der Waals surface area contributed by atoms with Crippen LogP contribution in [0, 0.1) is 0 Å². The summed E-state index contributed by atoms with van der Waals surface area (Å²) >= 11 is 0. The van der Waals surface area contributed by atoms with Crippen LogP contribution in [0.25, 0.3) is 10.1 Å². The van der Waals surface area contributed by atoms with Gasteiger partial charge >= 0.3 is 11.0 Å². The molecule has 3 nitrogen and oxygen atoms in total. The van der Waals surface area contributed by atoms with Crippen molar-refractivity contribution in [1.29, 1.82) is 0 Å². The van der Waals surface area contributed by atoms with Crippen LogP contribution in [0.3, 0.4) is 0 Å². The van der Waals surface area contributed by atoms with Crippen molar-refractivity contribution in [1.82, 2.24) is 0 Å². The van der Waals surface area contributed by atoms with Gasteiger partial charge in [-0.3, -0.25) is 0 Å². The molecule has 1 aromatic heterocycles. The van der Waals surface area contributed by atoms with Crippen LogP contribution in [0.2, 0.25) is 0 Å². The molecule has 0 saturated carbocycles. The predicted molar refractivity (Wildman–Crippen MR) is 96.3 cm³/mol. The Morgan fingerprint density at radius 1 is 0.964 bits per heavy atom. The van der Waals surface area contributed by atoms with Gasteiger partial charge in [-0.2, -0.15) is 13.2 Å². The maximum atomic E-state index is 13.4. The van der Waals surface area contributed by atoms with E-state index >= 15 is 0 Å². The van der Waals surface area contributed by atoms with Gasteiger partial charge in [-0.05, 0) is 17.0 Å². The second kappa shape index (κ2) is 7.83. The summed E-state index contributed by atoms with van der Waals surface area (Å²) in [4.78, 5) is 0.499. The molecule has 0 N–H and O–H groups in total. The van der Waals surface area contributed by atoms with Gasteiger partial charge in [0.15, 0.2) is 19.7 Å². The van der Waals surface area contributed by atoms with Gasteiger partial charge < -0.3 is 4.55 Å². The minimum absolute atomic E-state index is 0.0922. The summed E-state index contributed by atoms with van der Waals surface area (Å²) in [6.07, 6.45) is 0. The van der Waals surface area contributed by atoms with E-state index in [4.69, 9.17) is 13.0 Å². The van der Waals surface area contributed by atoms with Crippen LogP contribution in [-0.4, -0.2) is 18.5 Å². The van der Waals surface area contributed by atoms with Crippen LogP contribution in [0.15, 0.2) is 24.3 Å². The fourth-order valence-corrected chi connectivity index (χ4v) is 4.39. The van der Waals surface area contributed by atoms with E-state index in [1.54, 1.807) is 12.1 Å². The lowest BCUT2D eigenvalue weighted by Gasteiger charge is -2.18. The van der Waals surface area contributed by atoms with Crippen LogP contribution in [0.1, 0.15) is 51.0 Å². The molecular formula is C17H20F6O3S2. The maximum Gasteiger partial charge on any atom is 0.600 e. The molecule has 0 spiro atoms. The highest BCUT2D eigenvalue weighted by Crippen LogP contribution is 2.53. The van der Waals surface area contributed by atoms with Crippen molar-refractivity contribution in [2.45, 2.75) is 57.0 Å². The third-order valence-electron chi connectivity index (χ3n) is 3.72. The van der Waals surface area contributed by atoms with Crippen molar-refractivity contribution < 1.29 is 39.3 Å². The summed E-state index contributed by atoms with van der Waals surface area (Å²) in [5, 5.41) is 0.724. The van der Waals surface area contributed by atoms with E-state index in [-0.39, 0.29) is 11.3 Å². The van der Waals surface area contributed by atoms with Gasteiger partial charge in [0.1, 0.15) is 0 Å². The smallest absolute Gasteiger partial charge is 0.600 e. The van der Waals surface area contributed by atoms with Gasteiger partial charge in [0, 0.05) is 23.4 Å². The van der Waals surface area contributed by atoms with Gasteiger partial charge in [0.05, 0.1) is 10.5 Å². The van der Waals surface area contributed by atoms with E-state index in [0.717, 1.165) is 10.9 Å². The SMILES string of the molecule is CC(C)c1cc2ccc(C(C)(C)C)cc2[s+]1C(F)(F)F.O=S(=O)([O-])C(F)(F)F. The maximum absolute atomic E-state index is 13.4. The fraction of sp³-hybridized carbons (Fsp3) is 0.529. The second-order valence-electron chi connectivity index (χ2n) is 7.36. The largest absolute Gasteiger partial charge is 0.741 e. The van der Waals surface area contributed by atoms with Gasteiger partial charge in [0.2, 0.25) is 0 Å². The second-order valence-corrected chi connectivity index (χ2v) is 10.7. The van der Waals surface area contributed by atoms with Crippen molar-refractivity contribution >= 4 is 30.7 Å². The lowest BCUT2D eigenvalue weighted by atomic mass is 9.87. The Hall–Kier alpha value is -1.33. The Kier molecular flexibility index (Phi) is 6.91. The molecule has 2 rings (SSSR count). The minimum atomic E-state index is -6.09. The fourth-order valence-electron chi connectivity index (χ4n) is 2.30. The zero-order valence-electron chi connectivity index (χ0n) is 15.7. The van der Waals surface area contributed by atoms with Crippen molar-refractivity contribution in [2.24, 2.45) is 0 Å². The Labute approximate surface area is 162 Å². The Morgan fingerprint density at radius 2 is 1.43 bits per heavy atom. The minimum Gasteiger partial charge on any atom is -0.741 e. The topological polar surface area (TPSA) is 57.2 Å². The van der Waals surface area contributed by atoms with Crippen LogP contribution in [-0.2, 0) is 21.0 Å². The number of thiophene rings is 1. The van der Waals surface area contributed by atoms with Crippen molar-refractivity contribution in [2.75, 3.05) is 0 Å². The molecule has 1 aromatic carbocycles. The van der Waals surface area contributed by atoms with Gasteiger partial charge in [-0.15, -0.1) is 13.2 Å². The number of benzene rings is 1. The Bertz CT molecular complexity index is 933. The lowest BCUT2D eigenvalue weighted by Crippen LogP contribution is -2.21. The molecule has 0 radical (unpaired) electrons. The summed E-state index contributed by atoms with van der Waals surface area (Å²) in [7, 11) is -7.86. The lowest BCUT2D eigenvalue weighted by molar-refractivity contribution is -0.0868. The number of hydrogen-bond acceptors (Lipinski definition) is 3. The quantitative estimate of drug-likeness (QED) is 0.215. The van der Waals surface area contributed by atoms with E-state index in [2.05, 4.69) is 0 Å². The summed E-state index contributed by atoms with van der Waals surface area (Å²) in [6.45, 7) is 9.72. The predicted octanol–water partition coefficient (Wildman–Crippen LogP) is 6.54. The molecule has 160 valence electrons. The van der Waals surface area contributed by atoms with Crippen LogP contribution < -0.4 is 0 Å². The summed E-state index contributed by atoms with van der Waals surface area (Å²) in [5.74, 6) is -0.0922. The highest BCUT2D eigenvalue weighted by Gasteiger charge is 2.48. The number of hydrogen-bond donors (Lipinski definition) is 0. The molecular weight excluding hydrogens is 430 g/mol. The first-order valence-corrected chi connectivity index (χ1v) is 10.6. The number of rotatable bonds is 1. The summed E-state index contributed by atoms with van der Waals surface area (Å²) in [5.41, 5.74) is -9.03. The molecule has 28 heavy (non-hydrogen) atoms. The monoisotopic (exact) mass is 450 g/mol. The molecule has 0 fully saturated rings. The van der Waals surface area contributed by atoms with Crippen molar-refractivity contribution in [3.05, 3.63) is 34.7 Å². The number of halogens is 6. The zero-order chi connectivity index (χ0) is 22.3. The normalized spacial score (nSPS) is 14.2. The molecule has 1 unspecified atom stereocenters. The molecule has 0 aliphatic rings. The van der Waals surface area contributed by atoms with E-state index in [0.29, 0.717) is 9.58 Å². The van der Waals surface area contributed by atoms with Crippen LogP contribution in [0.5, 0.6) is 0 Å². The van der Waals surface area contributed by atoms with Gasteiger partial charge in [0.25, 0.3) is 0 Å². The molecule has 1 heterocycles. The standard InChI is InChI=1S/C16H20F3S.CHF3O3S/c1-10(2)13-8-11-6-7-12(15(3,4)5)9-14(11)20(13)16(17,18)19;2-1(3,4)8(5,6)7/h6-10H,1-5H3;(H,5,6,7)/q+1;/p-1. The van der Waals surface area contributed by atoms with Crippen LogP contribution >= 0.6 is 10.5 Å². The molecule has 0 aliphatic heterocycles.